The van der Waals surface area contributed by atoms with Crippen LogP contribution in [-0.4, -0.2) is 15.5 Å². The number of primary amides is 1. The molecule has 0 saturated heterocycles. The van der Waals surface area contributed by atoms with Gasteiger partial charge in [0.25, 0.3) is 0 Å². The lowest BCUT2D eigenvalue weighted by Gasteiger charge is -2.05. The Hall–Kier alpha value is -2.36. The van der Waals surface area contributed by atoms with Crippen LogP contribution in [0.25, 0.3) is 11.8 Å². The predicted molar refractivity (Wildman–Crippen MR) is 61.8 cm³/mol. The average molecular weight is 213 g/mol. The summed E-state index contributed by atoms with van der Waals surface area (Å²) in [6.45, 7) is 0. The Morgan fingerprint density at radius 2 is 2.06 bits per heavy atom. The molecule has 0 aromatic carbocycles. The second kappa shape index (κ2) is 4.44. The highest BCUT2D eigenvalue weighted by atomic mass is 16.1. The van der Waals surface area contributed by atoms with E-state index in [4.69, 9.17) is 5.73 Å². The number of rotatable bonds is 3. The summed E-state index contributed by atoms with van der Waals surface area (Å²) in [5.41, 5.74) is 6.94. The first-order chi connectivity index (χ1) is 7.77. The van der Waals surface area contributed by atoms with Gasteiger partial charge in [-0.15, -0.1) is 0 Å². The maximum absolute atomic E-state index is 10.7. The van der Waals surface area contributed by atoms with Crippen LogP contribution in [0.2, 0.25) is 0 Å². The Morgan fingerprint density at radius 1 is 1.31 bits per heavy atom. The van der Waals surface area contributed by atoms with E-state index >= 15 is 0 Å². The minimum absolute atomic E-state index is 0.456. The highest BCUT2D eigenvalue weighted by Crippen LogP contribution is 2.12. The lowest BCUT2D eigenvalue weighted by molar-refractivity contribution is -0.113. The molecule has 0 atom stereocenters. The summed E-state index contributed by atoms with van der Waals surface area (Å²) in [5.74, 6) is -0.456. The minimum atomic E-state index is -0.456. The largest absolute Gasteiger partial charge is 0.366 e. The van der Waals surface area contributed by atoms with Crippen LogP contribution in [0.15, 0.2) is 48.9 Å². The molecule has 0 radical (unpaired) electrons. The van der Waals surface area contributed by atoms with Crippen molar-refractivity contribution in [1.29, 1.82) is 0 Å². The monoisotopic (exact) mass is 213 g/mol. The van der Waals surface area contributed by atoms with E-state index in [2.05, 4.69) is 4.98 Å². The summed E-state index contributed by atoms with van der Waals surface area (Å²) in [7, 11) is 0. The van der Waals surface area contributed by atoms with Gasteiger partial charge in [-0.05, 0) is 30.3 Å². The second-order valence-electron chi connectivity index (χ2n) is 3.24. The van der Waals surface area contributed by atoms with E-state index in [1.54, 1.807) is 18.5 Å². The molecule has 0 bridgehead atoms. The lowest BCUT2D eigenvalue weighted by Crippen LogP contribution is -2.05. The van der Waals surface area contributed by atoms with Gasteiger partial charge in [-0.1, -0.05) is 0 Å². The number of hydrogen-bond acceptors (Lipinski definition) is 2. The van der Waals surface area contributed by atoms with Crippen molar-refractivity contribution in [2.24, 2.45) is 5.73 Å². The van der Waals surface area contributed by atoms with Crippen LogP contribution in [0.1, 0.15) is 5.69 Å². The molecule has 16 heavy (non-hydrogen) atoms. The van der Waals surface area contributed by atoms with Crippen molar-refractivity contribution in [1.82, 2.24) is 9.55 Å². The zero-order chi connectivity index (χ0) is 11.4. The first-order valence-electron chi connectivity index (χ1n) is 4.82. The average Bonchev–Trinajstić information content (AvgIpc) is 2.75. The summed E-state index contributed by atoms with van der Waals surface area (Å²) in [6.07, 6.45) is 8.37. The van der Waals surface area contributed by atoms with Crippen molar-refractivity contribution >= 4 is 12.0 Å². The van der Waals surface area contributed by atoms with Gasteiger partial charge in [0.1, 0.15) is 0 Å². The Morgan fingerprint density at radius 3 is 2.75 bits per heavy atom. The fourth-order valence-electron chi connectivity index (χ4n) is 1.44. The third-order valence-corrected chi connectivity index (χ3v) is 2.14. The number of pyridine rings is 1. The summed E-state index contributed by atoms with van der Waals surface area (Å²) in [6, 6.07) is 7.59. The topological polar surface area (TPSA) is 60.9 Å². The molecule has 0 aliphatic heterocycles. The fraction of sp³-hybridized carbons (Fsp3) is 0. The molecular weight excluding hydrogens is 202 g/mol. The molecule has 2 heterocycles. The second-order valence-corrected chi connectivity index (χ2v) is 3.24. The van der Waals surface area contributed by atoms with Crippen LogP contribution in [0.5, 0.6) is 0 Å². The van der Waals surface area contributed by atoms with Crippen LogP contribution in [-0.2, 0) is 4.79 Å². The van der Waals surface area contributed by atoms with Gasteiger partial charge in [-0.3, -0.25) is 9.78 Å². The van der Waals surface area contributed by atoms with E-state index in [-0.39, 0.29) is 0 Å². The van der Waals surface area contributed by atoms with Crippen molar-refractivity contribution in [2.45, 2.75) is 0 Å². The van der Waals surface area contributed by atoms with E-state index in [0.29, 0.717) is 0 Å². The molecule has 80 valence electrons. The van der Waals surface area contributed by atoms with Gasteiger partial charge in [-0.25, -0.2) is 0 Å². The highest BCUT2D eigenvalue weighted by molar-refractivity contribution is 5.90. The number of nitrogens with zero attached hydrogens (tertiary/aromatic N) is 2. The number of carbonyl (C=O) groups is 1. The van der Waals surface area contributed by atoms with Crippen LogP contribution in [0.4, 0.5) is 0 Å². The van der Waals surface area contributed by atoms with Gasteiger partial charge >= 0.3 is 0 Å². The smallest absolute Gasteiger partial charge is 0.241 e. The van der Waals surface area contributed by atoms with Gasteiger partial charge in [0.2, 0.25) is 5.91 Å². The zero-order valence-electron chi connectivity index (χ0n) is 8.58. The first kappa shape index (κ1) is 10.2. The molecular formula is C12H11N3O. The molecule has 0 saturated carbocycles. The van der Waals surface area contributed by atoms with E-state index < -0.39 is 5.91 Å². The minimum Gasteiger partial charge on any atom is -0.366 e. The van der Waals surface area contributed by atoms with Gasteiger partial charge < -0.3 is 10.3 Å². The molecule has 2 aromatic rings. The summed E-state index contributed by atoms with van der Waals surface area (Å²) < 4.78 is 1.95. The third kappa shape index (κ3) is 2.17. The predicted octanol–water partition coefficient (Wildman–Crippen LogP) is 1.37. The Labute approximate surface area is 93.0 Å². The lowest BCUT2D eigenvalue weighted by atomic mass is 10.3. The van der Waals surface area contributed by atoms with Gasteiger partial charge in [0.15, 0.2) is 0 Å². The van der Waals surface area contributed by atoms with Gasteiger partial charge in [0.05, 0.1) is 0 Å². The fourth-order valence-corrected chi connectivity index (χ4v) is 1.44. The Kier molecular flexibility index (Phi) is 2.82. The molecule has 1 amide bonds. The number of nitrogens with two attached hydrogens (primary N) is 1. The standard InChI is InChI=1S/C12H11N3O/c13-12(16)4-3-10-2-1-9-15(10)11-5-7-14-8-6-11/h1-9H,(H2,13,16)/b4-3+. The third-order valence-electron chi connectivity index (χ3n) is 2.14. The molecule has 0 aliphatic carbocycles. The van der Waals surface area contributed by atoms with E-state index in [1.165, 1.54) is 6.08 Å². The molecule has 4 heteroatoms. The van der Waals surface area contributed by atoms with Crippen LogP contribution >= 0.6 is 0 Å². The van der Waals surface area contributed by atoms with Gasteiger partial charge in [0, 0.05) is 36.0 Å². The maximum Gasteiger partial charge on any atom is 0.241 e. The normalized spacial score (nSPS) is 10.8. The van der Waals surface area contributed by atoms with Crippen molar-refractivity contribution < 1.29 is 4.79 Å². The highest BCUT2D eigenvalue weighted by Gasteiger charge is 1.99. The number of carbonyl (C=O) groups excluding carboxylic acids is 1. The van der Waals surface area contributed by atoms with Crippen molar-refractivity contribution in [3.05, 3.63) is 54.6 Å². The Balaban J connectivity index is 2.37. The number of hydrogen-bond donors (Lipinski definition) is 1. The van der Waals surface area contributed by atoms with Crippen LogP contribution < -0.4 is 5.73 Å². The molecule has 0 fully saturated rings. The van der Waals surface area contributed by atoms with Gasteiger partial charge in [-0.2, -0.15) is 0 Å². The summed E-state index contributed by atoms with van der Waals surface area (Å²) >= 11 is 0. The zero-order valence-corrected chi connectivity index (χ0v) is 8.58. The molecule has 0 unspecified atom stereocenters. The molecule has 0 spiro atoms. The van der Waals surface area contributed by atoms with E-state index in [9.17, 15) is 4.79 Å². The van der Waals surface area contributed by atoms with Crippen molar-refractivity contribution in [3.8, 4) is 5.69 Å². The molecule has 0 aliphatic rings. The summed E-state index contributed by atoms with van der Waals surface area (Å²) in [5, 5.41) is 0. The van der Waals surface area contributed by atoms with Crippen LogP contribution in [0.3, 0.4) is 0 Å². The number of aromatic nitrogens is 2. The van der Waals surface area contributed by atoms with E-state index in [0.717, 1.165) is 11.4 Å². The SMILES string of the molecule is NC(=O)/C=C/c1cccn1-c1ccncc1. The summed E-state index contributed by atoms with van der Waals surface area (Å²) in [4.78, 5) is 14.6. The van der Waals surface area contributed by atoms with E-state index in [1.807, 2.05) is 35.0 Å². The Bertz CT molecular complexity index is 514. The number of amides is 1. The molecule has 4 nitrogen and oxygen atoms in total. The molecule has 2 aromatic heterocycles. The molecule has 2 rings (SSSR count). The van der Waals surface area contributed by atoms with Crippen molar-refractivity contribution in [3.63, 3.8) is 0 Å². The van der Waals surface area contributed by atoms with Crippen molar-refractivity contribution in [2.75, 3.05) is 0 Å². The first-order valence-corrected chi connectivity index (χ1v) is 4.82. The molecule has 2 N–H and O–H groups in total. The quantitative estimate of drug-likeness (QED) is 0.783. The van der Waals surface area contributed by atoms with Crippen LogP contribution in [0, 0.1) is 0 Å². The maximum atomic E-state index is 10.7.